The number of halogens is 2. The second-order valence-electron chi connectivity index (χ2n) is 5.05. The van der Waals surface area contributed by atoms with E-state index in [0.29, 0.717) is 17.0 Å². The summed E-state index contributed by atoms with van der Waals surface area (Å²) in [6.07, 6.45) is -0.0420. The van der Waals surface area contributed by atoms with Crippen LogP contribution in [0.1, 0.15) is 27.5 Å². The van der Waals surface area contributed by atoms with Crippen molar-refractivity contribution in [2.75, 3.05) is 0 Å². The lowest BCUT2D eigenvalue weighted by molar-refractivity contribution is 0.0858. The van der Waals surface area contributed by atoms with Gasteiger partial charge in [-0.15, -0.1) is 0 Å². The first kappa shape index (κ1) is 14.6. The second kappa shape index (κ2) is 5.79. The van der Waals surface area contributed by atoms with E-state index in [1.165, 1.54) is 0 Å². The van der Waals surface area contributed by atoms with Crippen LogP contribution in [-0.2, 0) is 6.42 Å². The Labute approximate surface area is 136 Å². The van der Waals surface area contributed by atoms with Gasteiger partial charge < -0.3 is 10.4 Å². The summed E-state index contributed by atoms with van der Waals surface area (Å²) < 4.78 is 0.743. The molecule has 0 spiro atoms. The van der Waals surface area contributed by atoms with Crippen LogP contribution in [0.15, 0.2) is 46.9 Å². The Balaban J connectivity index is 1.83. The maximum atomic E-state index is 12.3. The molecule has 3 rings (SSSR count). The number of nitrogens with one attached hydrogen (secondary N) is 1. The van der Waals surface area contributed by atoms with Crippen LogP contribution in [0.3, 0.4) is 0 Å². The van der Waals surface area contributed by atoms with Gasteiger partial charge in [-0.05, 0) is 45.3 Å². The summed E-state index contributed by atoms with van der Waals surface area (Å²) in [4.78, 5) is 12.3. The largest absolute Gasteiger partial charge is 0.390 e. The third-order valence-electron chi connectivity index (χ3n) is 3.67. The Morgan fingerprint density at radius 2 is 2.05 bits per heavy atom. The zero-order valence-electron chi connectivity index (χ0n) is 11.0. The molecular weight excluding hydrogens is 354 g/mol. The molecule has 5 heteroatoms. The van der Waals surface area contributed by atoms with Gasteiger partial charge in [-0.25, -0.2) is 0 Å². The van der Waals surface area contributed by atoms with Gasteiger partial charge in [0.05, 0.1) is 17.2 Å². The topological polar surface area (TPSA) is 49.3 Å². The SMILES string of the molecule is O=C(NC1c2ccccc2CC1O)c1ccc(Br)c(Cl)c1. The van der Waals surface area contributed by atoms with E-state index in [1.807, 2.05) is 24.3 Å². The van der Waals surface area contributed by atoms with E-state index in [-0.39, 0.29) is 11.9 Å². The fourth-order valence-electron chi connectivity index (χ4n) is 2.61. The molecule has 3 nitrogen and oxygen atoms in total. The monoisotopic (exact) mass is 365 g/mol. The van der Waals surface area contributed by atoms with Gasteiger partial charge in [0.15, 0.2) is 0 Å². The highest BCUT2D eigenvalue weighted by atomic mass is 79.9. The predicted molar refractivity (Wildman–Crippen MR) is 85.5 cm³/mol. The Bertz CT molecular complexity index is 704. The van der Waals surface area contributed by atoms with Crippen LogP contribution < -0.4 is 5.32 Å². The molecule has 0 saturated heterocycles. The number of aliphatic hydroxyl groups excluding tert-OH is 1. The summed E-state index contributed by atoms with van der Waals surface area (Å²) in [5.74, 6) is -0.245. The predicted octanol–water partition coefficient (Wildman–Crippen LogP) is 3.49. The van der Waals surface area contributed by atoms with Crippen molar-refractivity contribution in [3.8, 4) is 0 Å². The van der Waals surface area contributed by atoms with Crippen LogP contribution in [0, 0.1) is 0 Å². The van der Waals surface area contributed by atoms with Crippen molar-refractivity contribution in [2.24, 2.45) is 0 Å². The maximum absolute atomic E-state index is 12.3. The highest BCUT2D eigenvalue weighted by Crippen LogP contribution is 2.31. The normalized spacial score (nSPS) is 20.1. The minimum Gasteiger partial charge on any atom is -0.390 e. The molecule has 108 valence electrons. The molecule has 0 aliphatic heterocycles. The molecule has 0 heterocycles. The number of hydrogen-bond acceptors (Lipinski definition) is 2. The van der Waals surface area contributed by atoms with Crippen molar-refractivity contribution in [3.63, 3.8) is 0 Å². The summed E-state index contributed by atoms with van der Waals surface area (Å²) >= 11 is 9.30. The number of carbonyl (C=O) groups is 1. The second-order valence-corrected chi connectivity index (χ2v) is 6.31. The molecular formula is C16H13BrClNO2. The average Bonchev–Trinajstić information content (AvgIpc) is 2.78. The number of aliphatic hydroxyl groups is 1. The van der Waals surface area contributed by atoms with Crippen molar-refractivity contribution in [1.82, 2.24) is 5.32 Å². The third-order valence-corrected chi connectivity index (χ3v) is 4.90. The van der Waals surface area contributed by atoms with E-state index in [1.54, 1.807) is 18.2 Å². The Kier molecular flexibility index (Phi) is 4.02. The van der Waals surface area contributed by atoms with Gasteiger partial charge in [-0.3, -0.25) is 4.79 Å². The van der Waals surface area contributed by atoms with Crippen LogP contribution >= 0.6 is 27.5 Å². The third kappa shape index (κ3) is 2.84. The van der Waals surface area contributed by atoms with E-state index in [9.17, 15) is 9.90 Å². The average molecular weight is 367 g/mol. The van der Waals surface area contributed by atoms with E-state index in [0.717, 1.165) is 15.6 Å². The molecule has 2 N–H and O–H groups in total. The molecule has 1 aliphatic carbocycles. The van der Waals surface area contributed by atoms with Gasteiger partial charge in [-0.2, -0.15) is 0 Å². The lowest BCUT2D eigenvalue weighted by atomic mass is 10.1. The number of rotatable bonds is 2. The van der Waals surface area contributed by atoms with Crippen LogP contribution in [0.5, 0.6) is 0 Å². The first-order valence-electron chi connectivity index (χ1n) is 6.58. The molecule has 0 aromatic heterocycles. The number of amides is 1. The van der Waals surface area contributed by atoms with E-state index >= 15 is 0 Å². The summed E-state index contributed by atoms with van der Waals surface area (Å²) in [5, 5.41) is 13.5. The number of benzene rings is 2. The van der Waals surface area contributed by atoms with Crippen LogP contribution in [0.25, 0.3) is 0 Å². The zero-order valence-corrected chi connectivity index (χ0v) is 13.4. The van der Waals surface area contributed by atoms with Gasteiger partial charge in [0.2, 0.25) is 0 Å². The van der Waals surface area contributed by atoms with Gasteiger partial charge in [0.25, 0.3) is 5.91 Å². The molecule has 1 amide bonds. The maximum Gasteiger partial charge on any atom is 0.251 e. The Morgan fingerprint density at radius 1 is 1.29 bits per heavy atom. The fraction of sp³-hybridized carbons (Fsp3) is 0.188. The van der Waals surface area contributed by atoms with Crippen molar-refractivity contribution >= 4 is 33.4 Å². The van der Waals surface area contributed by atoms with Crippen LogP contribution in [-0.4, -0.2) is 17.1 Å². The Morgan fingerprint density at radius 3 is 2.81 bits per heavy atom. The summed E-state index contributed by atoms with van der Waals surface area (Å²) in [6, 6.07) is 12.4. The van der Waals surface area contributed by atoms with Gasteiger partial charge in [0.1, 0.15) is 0 Å². The highest BCUT2D eigenvalue weighted by Gasteiger charge is 2.32. The molecule has 2 aromatic carbocycles. The molecule has 2 aromatic rings. The molecule has 0 saturated carbocycles. The van der Waals surface area contributed by atoms with Gasteiger partial charge in [0, 0.05) is 16.5 Å². The number of fused-ring (bicyclic) bond motifs is 1. The molecule has 2 atom stereocenters. The highest BCUT2D eigenvalue weighted by molar-refractivity contribution is 9.10. The molecule has 2 unspecified atom stereocenters. The molecule has 0 fully saturated rings. The van der Waals surface area contributed by atoms with E-state index in [2.05, 4.69) is 21.2 Å². The van der Waals surface area contributed by atoms with Gasteiger partial charge >= 0.3 is 0 Å². The standard InChI is InChI=1S/C16H13BrClNO2/c17-12-6-5-10(7-13(12)18)16(21)19-15-11-4-2-1-3-9(11)8-14(15)20/h1-7,14-15,20H,8H2,(H,19,21). The van der Waals surface area contributed by atoms with Crippen molar-refractivity contribution in [3.05, 3.63) is 68.7 Å². The quantitative estimate of drug-likeness (QED) is 0.855. The minimum absolute atomic E-state index is 0.245. The lowest BCUT2D eigenvalue weighted by Gasteiger charge is -2.18. The number of hydrogen-bond donors (Lipinski definition) is 2. The first-order valence-corrected chi connectivity index (χ1v) is 7.75. The van der Waals surface area contributed by atoms with E-state index in [4.69, 9.17) is 11.6 Å². The molecule has 0 bridgehead atoms. The van der Waals surface area contributed by atoms with Crippen molar-refractivity contribution < 1.29 is 9.90 Å². The fourth-order valence-corrected chi connectivity index (χ4v) is 3.04. The first-order chi connectivity index (χ1) is 10.1. The van der Waals surface area contributed by atoms with Crippen LogP contribution in [0.2, 0.25) is 5.02 Å². The van der Waals surface area contributed by atoms with Crippen molar-refractivity contribution in [1.29, 1.82) is 0 Å². The summed E-state index contributed by atoms with van der Waals surface area (Å²) in [5.41, 5.74) is 2.52. The van der Waals surface area contributed by atoms with Gasteiger partial charge in [-0.1, -0.05) is 35.9 Å². The molecule has 0 radical (unpaired) electrons. The summed E-state index contributed by atoms with van der Waals surface area (Å²) in [7, 11) is 0. The lowest BCUT2D eigenvalue weighted by Crippen LogP contribution is -2.33. The number of carbonyl (C=O) groups excluding carboxylic acids is 1. The van der Waals surface area contributed by atoms with Crippen molar-refractivity contribution in [2.45, 2.75) is 18.6 Å². The summed E-state index contributed by atoms with van der Waals surface area (Å²) in [6.45, 7) is 0. The molecule has 1 aliphatic rings. The smallest absolute Gasteiger partial charge is 0.251 e. The van der Waals surface area contributed by atoms with Crippen LogP contribution in [0.4, 0.5) is 0 Å². The molecule has 21 heavy (non-hydrogen) atoms. The van der Waals surface area contributed by atoms with E-state index < -0.39 is 6.10 Å². The zero-order chi connectivity index (χ0) is 15.0. The Hall–Kier alpha value is -1.36. The minimum atomic E-state index is -0.600.